The fourth-order valence-corrected chi connectivity index (χ4v) is 2.15. The van der Waals surface area contributed by atoms with E-state index in [1.54, 1.807) is 4.90 Å². The minimum Gasteiger partial charge on any atom is -0.447 e. The molecule has 0 N–H and O–H groups in total. The Morgan fingerprint density at radius 1 is 1.13 bits per heavy atom. The minimum atomic E-state index is -0.757. The number of nitrogens with zero attached hydrogens (tertiary/aromatic N) is 2. The van der Waals surface area contributed by atoms with Gasteiger partial charge in [-0.15, -0.1) is 18.2 Å². The van der Waals surface area contributed by atoms with Crippen LogP contribution in [0, 0.1) is 24.6 Å². The average Bonchev–Trinajstić information content (AvgIpc) is 2.99. The Kier molecular flexibility index (Phi) is 5.69. The van der Waals surface area contributed by atoms with Crippen LogP contribution in [0.1, 0.15) is 11.5 Å². The summed E-state index contributed by atoms with van der Waals surface area (Å²) in [4.78, 5) is 5.72. The molecule has 0 fully saturated rings. The van der Waals surface area contributed by atoms with Gasteiger partial charge in [-0.25, -0.2) is 13.8 Å². The molecule has 0 spiro atoms. The summed E-state index contributed by atoms with van der Waals surface area (Å²) in [5.74, 6) is -1.06. The van der Waals surface area contributed by atoms with Crippen molar-refractivity contribution in [2.75, 3.05) is 4.90 Å². The van der Waals surface area contributed by atoms with Crippen molar-refractivity contribution in [2.24, 2.45) is 0 Å². The Morgan fingerprint density at radius 3 is 2.48 bits per heavy atom. The van der Waals surface area contributed by atoms with Gasteiger partial charge in [-0.05, 0) is 24.7 Å². The smallest absolute Gasteiger partial charge is 0.212 e. The molecule has 116 valence electrons. The van der Waals surface area contributed by atoms with E-state index in [-0.39, 0.29) is 33.9 Å². The molecule has 1 aromatic heterocycles. The standard InChI is InChI=1S/C17H13F2N2O.Ti/c1-12-2-5-14(6-3-12)21(11-17-20-8-9-22-17)16-7-4-13(18)10-15(16)19;/h2-9H,11H2,1H3;/q-1;. The summed E-state index contributed by atoms with van der Waals surface area (Å²) in [5, 5.41) is 0. The van der Waals surface area contributed by atoms with Gasteiger partial charge in [0, 0.05) is 39.0 Å². The van der Waals surface area contributed by atoms with Crippen LogP contribution in [0.15, 0.2) is 53.3 Å². The molecule has 0 atom stereocenters. The van der Waals surface area contributed by atoms with Crippen LogP contribution in [0.4, 0.5) is 20.2 Å². The summed E-state index contributed by atoms with van der Waals surface area (Å²) in [6, 6.07) is 12.2. The van der Waals surface area contributed by atoms with E-state index in [0.29, 0.717) is 5.89 Å². The van der Waals surface area contributed by atoms with Gasteiger partial charge < -0.3 is 9.32 Å². The second-order valence-electron chi connectivity index (χ2n) is 4.85. The molecule has 0 amide bonds. The van der Waals surface area contributed by atoms with Crippen molar-refractivity contribution in [1.82, 2.24) is 4.98 Å². The molecule has 3 rings (SSSR count). The zero-order valence-corrected chi connectivity index (χ0v) is 13.9. The van der Waals surface area contributed by atoms with E-state index < -0.39 is 11.6 Å². The molecule has 6 heteroatoms. The molecule has 0 aliphatic heterocycles. The molecule has 0 saturated heterocycles. The number of hydrogen-bond donors (Lipinski definition) is 0. The van der Waals surface area contributed by atoms with Crippen LogP contribution in [0.3, 0.4) is 0 Å². The first kappa shape index (κ1) is 17.4. The van der Waals surface area contributed by atoms with Crippen molar-refractivity contribution in [3.63, 3.8) is 0 Å². The maximum atomic E-state index is 14.1. The van der Waals surface area contributed by atoms with Crippen LogP contribution in [0.5, 0.6) is 0 Å². The van der Waals surface area contributed by atoms with Crippen molar-refractivity contribution in [2.45, 2.75) is 13.5 Å². The van der Waals surface area contributed by atoms with E-state index >= 15 is 0 Å². The summed E-state index contributed by atoms with van der Waals surface area (Å²) in [6.45, 7) is 2.20. The normalized spacial score (nSPS) is 10.2. The van der Waals surface area contributed by atoms with Crippen molar-refractivity contribution in [3.8, 4) is 0 Å². The molecule has 23 heavy (non-hydrogen) atoms. The second kappa shape index (κ2) is 7.53. The largest absolute Gasteiger partial charge is 0.447 e. The maximum Gasteiger partial charge on any atom is 0.212 e. The number of halogens is 2. The van der Waals surface area contributed by atoms with Crippen LogP contribution < -0.4 is 4.90 Å². The number of aromatic nitrogens is 1. The van der Waals surface area contributed by atoms with E-state index in [1.165, 1.54) is 24.6 Å². The van der Waals surface area contributed by atoms with Gasteiger partial charge >= 0.3 is 0 Å². The van der Waals surface area contributed by atoms with Crippen molar-refractivity contribution >= 4 is 11.4 Å². The molecule has 0 bridgehead atoms. The third-order valence-corrected chi connectivity index (χ3v) is 3.25. The molecule has 3 nitrogen and oxygen atoms in total. The van der Waals surface area contributed by atoms with Crippen LogP contribution >= 0.6 is 0 Å². The molecule has 0 saturated carbocycles. The van der Waals surface area contributed by atoms with E-state index in [1.807, 2.05) is 31.2 Å². The van der Waals surface area contributed by atoms with E-state index in [2.05, 4.69) is 11.1 Å². The minimum absolute atomic E-state index is 0. The number of anilines is 2. The Bertz CT molecular complexity index is 761. The Balaban J connectivity index is 0.00000192. The second-order valence-corrected chi connectivity index (χ2v) is 4.85. The molecule has 3 aromatic rings. The van der Waals surface area contributed by atoms with Crippen molar-refractivity contribution < 1.29 is 34.9 Å². The summed E-state index contributed by atoms with van der Waals surface area (Å²) >= 11 is 0. The van der Waals surface area contributed by atoms with Gasteiger partial charge in [-0.1, -0.05) is 17.7 Å². The Morgan fingerprint density at radius 2 is 1.87 bits per heavy atom. The van der Waals surface area contributed by atoms with Crippen molar-refractivity contribution in [1.29, 1.82) is 0 Å². The summed E-state index contributed by atoms with van der Waals surface area (Å²) in [5.41, 5.74) is 2.05. The van der Waals surface area contributed by atoms with E-state index in [4.69, 9.17) is 4.42 Å². The Hall–Kier alpha value is -1.98. The SMILES string of the molecule is Cc1ccc(N(Cc2ncco2)c2ccc(F)[c-]c2F)cc1.[Ti]. The number of rotatable bonds is 4. The first-order valence-corrected chi connectivity index (χ1v) is 6.73. The molecular weight excluding hydrogens is 334 g/mol. The maximum absolute atomic E-state index is 14.1. The number of aryl methyl sites for hydroxylation is 1. The molecule has 0 radical (unpaired) electrons. The molecule has 0 aliphatic rings. The molecule has 2 aromatic carbocycles. The predicted octanol–water partition coefficient (Wildman–Crippen LogP) is 4.40. The first-order chi connectivity index (χ1) is 10.6. The fourth-order valence-electron chi connectivity index (χ4n) is 2.15. The summed E-state index contributed by atoms with van der Waals surface area (Å²) < 4.78 is 32.4. The van der Waals surface area contributed by atoms with Gasteiger partial charge in [0.05, 0.1) is 12.7 Å². The van der Waals surface area contributed by atoms with Gasteiger partial charge in [0.1, 0.15) is 6.26 Å². The van der Waals surface area contributed by atoms with Crippen LogP contribution in [0.25, 0.3) is 0 Å². The molecule has 0 aliphatic carbocycles. The van der Waals surface area contributed by atoms with Crippen LogP contribution in [-0.2, 0) is 28.3 Å². The summed E-state index contributed by atoms with van der Waals surface area (Å²) in [6.07, 6.45) is 2.98. The Labute approximate surface area is 147 Å². The van der Waals surface area contributed by atoms with E-state index in [0.717, 1.165) is 11.3 Å². The number of hydrogen-bond acceptors (Lipinski definition) is 3. The third kappa shape index (κ3) is 4.06. The predicted molar refractivity (Wildman–Crippen MR) is 78.7 cm³/mol. The molecular formula is C17H13F2N2OTi-. The zero-order valence-electron chi connectivity index (χ0n) is 12.4. The van der Waals surface area contributed by atoms with Gasteiger partial charge in [0.15, 0.2) is 0 Å². The summed E-state index contributed by atoms with van der Waals surface area (Å²) in [7, 11) is 0. The van der Waals surface area contributed by atoms with Gasteiger partial charge in [0.25, 0.3) is 0 Å². The van der Waals surface area contributed by atoms with Crippen molar-refractivity contribution in [3.05, 3.63) is 78.0 Å². The zero-order chi connectivity index (χ0) is 15.5. The third-order valence-electron chi connectivity index (χ3n) is 3.25. The van der Waals surface area contributed by atoms with Crippen LogP contribution in [-0.4, -0.2) is 4.98 Å². The van der Waals surface area contributed by atoms with Gasteiger partial charge in [-0.3, -0.25) is 0 Å². The number of oxazole rings is 1. The monoisotopic (exact) mass is 347 g/mol. The first-order valence-electron chi connectivity index (χ1n) is 6.73. The number of benzene rings is 2. The quantitative estimate of drug-likeness (QED) is 0.518. The fraction of sp³-hybridized carbons (Fsp3) is 0.118. The van der Waals surface area contributed by atoms with Gasteiger partial charge in [-0.2, -0.15) is 0 Å². The van der Waals surface area contributed by atoms with Crippen LogP contribution in [0.2, 0.25) is 0 Å². The topological polar surface area (TPSA) is 29.3 Å². The molecule has 0 unspecified atom stereocenters. The average molecular weight is 347 g/mol. The van der Waals surface area contributed by atoms with Gasteiger partial charge in [0.2, 0.25) is 5.89 Å². The van der Waals surface area contributed by atoms with E-state index in [9.17, 15) is 8.78 Å². The molecule has 1 heterocycles.